The lowest BCUT2D eigenvalue weighted by Gasteiger charge is -2.17. The Morgan fingerprint density at radius 2 is 2.18 bits per heavy atom. The number of amides is 2. The molecule has 1 atom stereocenters. The van der Waals surface area contributed by atoms with E-state index in [1.165, 1.54) is 4.90 Å². The van der Waals surface area contributed by atoms with Crippen LogP contribution in [0.3, 0.4) is 0 Å². The Kier molecular flexibility index (Phi) is 5.38. The fourth-order valence-corrected chi connectivity index (χ4v) is 3.60. The van der Waals surface area contributed by atoms with Crippen molar-refractivity contribution < 1.29 is 14.3 Å². The van der Waals surface area contributed by atoms with Crippen molar-refractivity contribution in [2.45, 2.75) is 31.6 Å². The lowest BCUT2D eigenvalue weighted by Crippen LogP contribution is -2.37. The van der Waals surface area contributed by atoms with Gasteiger partial charge in [0.15, 0.2) is 0 Å². The molecular formula is C16H16ClNO3S. The van der Waals surface area contributed by atoms with Crippen molar-refractivity contribution >= 4 is 34.5 Å². The fraction of sp³-hybridized carbons (Fsp3) is 0.375. The number of hydrogen-bond donors (Lipinski definition) is 0. The molecule has 1 aromatic rings. The minimum absolute atomic E-state index is 0.124. The first-order valence-electron chi connectivity index (χ1n) is 6.82. The molecule has 1 saturated heterocycles. The van der Waals surface area contributed by atoms with Gasteiger partial charge in [-0.15, -0.1) is 6.42 Å². The summed E-state index contributed by atoms with van der Waals surface area (Å²) in [5.41, 5.74) is 0.877. The first-order valence-corrected chi connectivity index (χ1v) is 8.08. The Morgan fingerprint density at radius 3 is 2.73 bits per heavy atom. The summed E-state index contributed by atoms with van der Waals surface area (Å²) in [5.74, 6) is 2.73. The first-order chi connectivity index (χ1) is 10.4. The van der Waals surface area contributed by atoms with E-state index in [1.54, 1.807) is 12.1 Å². The van der Waals surface area contributed by atoms with E-state index in [0.29, 0.717) is 17.2 Å². The number of rotatable bonds is 5. The van der Waals surface area contributed by atoms with Crippen LogP contribution in [0.4, 0.5) is 4.79 Å². The van der Waals surface area contributed by atoms with Gasteiger partial charge in [0, 0.05) is 6.04 Å². The van der Waals surface area contributed by atoms with Crippen LogP contribution >= 0.6 is 23.4 Å². The monoisotopic (exact) mass is 337 g/mol. The molecule has 0 unspecified atom stereocenters. The lowest BCUT2D eigenvalue weighted by molar-refractivity contribution is -0.127. The van der Waals surface area contributed by atoms with Crippen LogP contribution in [0.1, 0.15) is 19.4 Å². The van der Waals surface area contributed by atoms with E-state index in [0.717, 1.165) is 17.3 Å². The number of hydrogen-bond acceptors (Lipinski definition) is 4. The smallest absolute Gasteiger partial charge is 0.289 e. The Bertz CT molecular complexity index is 639. The maximum absolute atomic E-state index is 12.3. The molecule has 1 heterocycles. The van der Waals surface area contributed by atoms with Crippen LogP contribution in [0.5, 0.6) is 5.75 Å². The average Bonchev–Trinajstić information content (AvgIpc) is 2.72. The summed E-state index contributed by atoms with van der Waals surface area (Å²) in [7, 11) is 0. The topological polar surface area (TPSA) is 46.6 Å². The Hall–Kier alpha value is -1.64. The number of halogens is 1. The van der Waals surface area contributed by atoms with Crippen molar-refractivity contribution in [1.29, 1.82) is 0 Å². The van der Waals surface area contributed by atoms with Gasteiger partial charge in [-0.05, 0) is 38.0 Å². The summed E-state index contributed by atoms with van der Waals surface area (Å²) >= 11 is 7.20. The second kappa shape index (κ2) is 7.08. The predicted molar refractivity (Wildman–Crippen MR) is 88.2 cm³/mol. The molecule has 0 N–H and O–H groups in total. The summed E-state index contributed by atoms with van der Waals surface area (Å²) < 4.78 is 5.30. The van der Waals surface area contributed by atoms with E-state index >= 15 is 0 Å². The molecule has 1 aliphatic rings. The molecule has 0 radical (unpaired) electrons. The molecule has 0 aliphatic carbocycles. The lowest BCUT2D eigenvalue weighted by atomic mass is 10.1. The van der Waals surface area contributed by atoms with E-state index in [9.17, 15) is 9.59 Å². The first kappa shape index (κ1) is 16.7. The van der Waals surface area contributed by atoms with E-state index in [1.807, 2.05) is 19.9 Å². The normalized spacial score (nSPS) is 18.0. The van der Waals surface area contributed by atoms with Crippen LogP contribution < -0.4 is 4.74 Å². The predicted octanol–water partition coefficient (Wildman–Crippen LogP) is 3.37. The number of terminal acetylenes is 1. The standard InChI is InChI=1S/C16H16ClNO3S/c1-4-7-21-13-6-5-11(8-12(13)17)9-14-15(19)18(10(2)3)16(20)22-14/h1,5-6,8,10,14H,7,9H2,2-3H3/t14-/m0/s1. The van der Waals surface area contributed by atoms with Crippen molar-refractivity contribution in [1.82, 2.24) is 4.90 Å². The molecule has 22 heavy (non-hydrogen) atoms. The van der Waals surface area contributed by atoms with E-state index < -0.39 is 5.25 Å². The molecule has 1 aromatic carbocycles. The summed E-state index contributed by atoms with van der Waals surface area (Å²) in [6.45, 7) is 3.80. The van der Waals surface area contributed by atoms with Crippen molar-refractivity contribution in [3.63, 3.8) is 0 Å². The molecule has 0 saturated carbocycles. The van der Waals surface area contributed by atoms with E-state index in [2.05, 4.69) is 5.92 Å². The summed E-state index contributed by atoms with van der Waals surface area (Å²) in [6.07, 6.45) is 5.59. The SMILES string of the molecule is C#CCOc1ccc(C[C@@H]2SC(=O)N(C(C)C)C2=O)cc1Cl. The van der Waals surface area contributed by atoms with E-state index in [4.69, 9.17) is 22.8 Å². The molecule has 0 spiro atoms. The molecular weight excluding hydrogens is 322 g/mol. The molecule has 0 aromatic heterocycles. The highest BCUT2D eigenvalue weighted by Crippen LogP contribution is 2.32. The second-order valence-electron chi connectivity index (χ2n) is 5.14. The van der Waals surface area contributed by atoms with Gasteiger partial charge in [-0.1, -0.05) is 35.3 Å². The number of carbonyl (C=O) groups excluding carboxylic acids is 2. The van der Waals surface area contributed by atoms with Gasteiger partial charge in [0.25, 0.3) is 5.24 Å². The number of nitrogens with zero attached hydrogens (tertiary/aromatic N) is 1. The third-order valence-corrected chi connectivity index (χ3v) is 4.54. The van der Waals surface area contributed by atoms with Crippen molar-refractivity contribution in [2.75, 3.05) is 6.61 Å². The highest BCUT2D eigenvalue weighted by atomic mass is 35.5. The molecule has 6 heteroatoms. The number of benzene rings is 1. The zero-order valence-electron chi connectivity index (χ0n) is 12.3. The molecule has 1 fully saturated rings. The van der Waals surface area contributed by atoms with Crippen molar-refractivity contribution in [2.24, 2.45) is 0 Å². The second-order valence-corrected chi connectivity index (χ2v) is 6.70. The van der Waals surface area contributed by atoms with Gasteiger partial charge in [-0.3, -0.25) is 14.5 Å². The minimum Gasteiger partial charge on any atom is -0.479 e. The van der Waals surface area contributed by atoms with Crippen LogP contribution in [0.25, 0.3) is 0 Å². The molecule has 4 nitrogen and oxygen atoms in total. The summed E-state index contributed by atoms with van der Waals surface area (Å²) in [4.78, 5) is 25.4. The zero-order valence-corrected chi connectivity index (χ0v) is 13.9. The Morgan fingerprint density at radius 1 is 1.45 bits per heavy atom. The maximum Gasteiger partial charge on any atom is 0.289 e. The van der Waals surface area contributed by atoms with Crippen LogP contribution in [0.15, 0.2) is 18.2 Å². The third kappa shape index (κ3) is 3.57. The summed E-state index contributed by atoms with van der Waals surface area (Å²) in [5, 5.41) is -0.149. The van der Waals surface area contributed by atoms with Gasteiger partial charge in [0.05, 0.1) is 10.3 Å². The van der Waals surface area contributed by atoms with Gasteiger partial charge < -0.3 is 4.74 Å². The molecule has 0 bridgehead atoms. The average molecular weight is 338 g/mol. The summed E-state index contributed by atoms with van der Waals surface area (Å²) in [6, 6.07) is 5.17. The van der Waals surface area contributed by atoms with Crippen molar-refractivity contribution in [3.8, 4) is 18.1 Å². The highest BCUT2D eigenvalue weighted by Gasteiger charge is 2.40. The Balaban J connectivity index is 2.09. The maximum atomic E-state index is 12.3. The largest absolute Gasteiger partial charge is 0.479 e. The van der Waals surface area contributed by atoms with Crippen LogP contribution in [-0.2, 0) is 11.2 Å². The molecule has 2 rings (SSSR count). The molecule has 1 aliphatic heterocycles. The highest BCUT2D eigenvalue weighted by molar-refractivity contribution is 8.15. The van der Waals surface area contributed by atoms with Gasteiger partial charge in [-0.2, -0.15) is 0 Å². The fourth-order valence-electron chi connectivity index (χ4n) is 2.19. The zero-order chi connectivity index (χ0) is 16.3. The van der Waals surface area contributed by atoms with Crippen LogP contribution in [0.2, 0.25) is 5.02 Å². The number of carbonyl (C=O) groups is 2. The molecule has 2 amide bonds. The van der Waals surface area contributed by atoms with E-state index in [-0.39, 0.29) is 23.8 Å². The van der Waals surface area contributed by atoms with Crippen LogP contribution in [0, 0.1) is 12.3 Å². The van der Waals surface area contributed by atoms with Crippen LogP contribution in [-0.4, -0.2) is 33.9 Å². The number of ether oxygens (including phenoxy) is 1. The quantitative estimate of drug-likeness (QED) is 0.773. The van der Waals surface area contributed by atoms with Gasteiger partial charge in [0.2, 0.25) is 5.91 Å². The number of thioether (sulfide) groups is 1. The minimum atomic E-state index is -0.400. The van der Waals surface area contributed by atoms with Gasteiger partial charge in [0.1, 0.15) is 12.4 Å². The van der Waals surface area contributed by atoms with Gasteiger partial charge >= 0.3 is 0 Å². The van der Waals surface area contributed by atoms with Crippen molar-refractivity contribution in [3.05, 3.63) is 28.8 Å². The molecule has 116 valence electrons. The number of imide groups is 1. The Labute approximate surface area is 139 Å². The third-order valence-electron chi connectivity index (χ3n) is 3.20. The van der Waals surface area contributed by atoms with Gasteiger partial charge in [-0.25, -0.2) is 0 Å².